The van der Waals surface area contributed by atoms with Gasteiger partial charge in [0.25, 0.3) is 11.8 Å². The fourth-order valence-electron chi connectivity index (χ4n) is 2.56. The standard InChI is InChI=1S/C14H16N8O7S3.Na/c1-29-21-9(7-4-31-14(16)19-7)11(24)20-8(6-3-30-13(15)18-6)10(23)17-5-2-22(12(5)25)32(26,27)28;/h3-5,8H,2H2,1H3,(H2,15,18)(H2,16,19)(H,17,23)(H,20,24)(H,26,27,28);/q;+1/p-1/b21-9-;. The number of nitrogens with two attached hydrogens (primary N) is 2. The molecule has 3 rings (SSSR count). The zero-order valence-corrected chi connectivity index (χ0v) is 21.5. The number of amides is 3. The number of oxime groups is 1. The fraction of sp³-hybridized carbons (Fsp3) is 0.286. The summed E-state index contributed by atoms with van der Waals surface area (Å²) in [6.45, 7) is -0.537. The van der Waals surface area contributed by atoms with E-state index in [1.807, 2.05) is 0 Å². The Labute approximate surface area is 216 Å². The molecular weight excluding hydrogens is 511 g/mol. The minimum absolute atomic E-state index is 0. The molecule has 1 saturated heterocycles. The molecule has 2 unspecified atom stereocenters. The molecule has 6 N–H and O–H groups in total. The van der Waals surface area contributed by atoms with Gasteiger partial charge >= 0.3 is 29.6 Å². The van der Waals surface area contributed by atoms with Crippen molar-refractivity contribution in [2.24, 2.45) is 5.16 Å². The molecule has 15 nitrogen and oxygen atoms in total. The zero-order chi connectivity index (χ0) is 23.6. The van der Waals surface area contributed by atoms with Crippen molar-refractivity contribution >= 4 is 66.7 Å². The van der Waals surface area contributed by atoms with E-state index < -0.39 is 46.7 Å². The number of hydrogen-bond donors (Lipinski definition) is 4. The maximum atomic E-state index is 12.8. The molecule has 0 saturated carbocycles. The number of nitrogens with one attached hydrogen (secondary N) is 2. The maximum absolute atomic E-state index is 12.8. The third-order valence-corrected chi connectivity index (χ3v) is 6.25. The normalized spacial score (nSPS) is 16.9. The van der Waals surface area contributed by atoms with Crippen LogP contribution in [0.15, 0.2) is 15.9 Å². The van der Waals surface area contributed by atoms with Gasteiger partial charge < -0.3 is 31.5 Å². The van der Waals surface area contributed by atoms with E-state index in [1.54, 1.807) is 0 Å². The first kappa shape index (κ1) is 26.9. The second-order valence-electron chi connectivity index (χ2n) is 6.10. The van der Waals surface area contributed by atoms with Gasteiger partial charge in [-0.3, -0.25) is 14.4 Å². The first-order valence-electron chi connectivity index (χ1n) is 8.43. The van der Waals surface area contributed by atoms with Gasteiger partial charge in [0.1, 0.15) is 18.8 Å². The molecule has 172 valence electrons. The third kappa shape index (κ3) is 6.16. The van der Waals surface area contributed by atoms with Crippen LogP contribution in [0, 0.1) is 0 Å². The summed E-state index contributed by atoms with van der Waals surface area (Å²) in [5, 5.41) is 11.4. The molecule has 19 heteroatoms. The van der Waals surface area contributed by atoms with Crippen LogP contribution in [-0.2, 0) is 29.5 Å². The van der Waals surface area contributed by atoms with Crippen LogP contribution in [0.1, 0.15) is 17.4 Å². The minimum atomic E-state index is -4.98. The number of aromatic nitrogens is 2. The Kier molecular flexibility index (Phi) is 8.74. The molecule has 3 amide bonds. The molecule has 0 aliphatic carbocycles. The predicted molar refractivity (Wildman–Crippen MR) is 111 cm³/mol. The number of nitrogens with zero attached hydrogens (tertiary/aromatic N) is 4. The van der Waals surface area contributed by atoms with Crippen molar-refractivity contribution in [3.8, 4) is 0 Å². The van der Waals surface area contributed by atoms with E-state index in [1.165, 1.54) is 17.9 Å². The van der Waals surface area contributed by atoms with Crippen molar-refractivity contribution in [2.75, 3.05) is 25.1 Å². The molecule has 33 heavy (non-hydrogen) atoms. The number of carbonyl (C=O) groups excluding carboxylic acids is 3. The van der Waals surface area contributed by atoms with Crippen LogP contribution in [0.3, 0.4) is 0 Å². The summed E-state index contributed by atoms with van der Waals surface area (Å²) in [6, 6.07) is -2.72. The van der Waals surface area contributed by atoms with Gasteiger partial charge in [0, 0.05) is 10.8 Å². The number of carbonyl (C=O) groups is 3. The summed E-state index contributed by atoms with van der Waals surface area (Å²) in [4.78, 5) is 50.1. The van der Waals surface area contributed by atoms with Gasteiger partial charge in [0.05, 0.1) is 12.2 Å². The number of nitrogen functional groups attached to an aromatic ring is 2. The van der Waals surface area contributed by atoms with Crippen LogP contribution in [0.25, 0.3) is 0 Å². The summed E-state index contributed by atoms with van der Waals surface area (Å²) in [6.07, 6.45) is 0. The van der Waals surface area contributed by atoms with Crippen LogP contribution in [0.4, 0.5) is 10.3 Å². The number of β-lactam (4-membered cyclic amide) rings is 1. The topological polar surface area (TPSA) is 235 Å². The Morgan fingerprint density at radius 2 is 1.94 bits per heavy atom. The smallest absolute Gasteiger partial charge is 0.731 e. The summed E-state index contributed by atoms with van der Waals surface area (Å²) in [5.74, 6) is -2.89. The van der Waals surface area contributed by atoms with Gasteiger partial charge in [-0.1, -0.05) is 5.16 Å². The van der Waals surface area contributed by atoms with Crippen molar-refractivity contribution in [2.45, 2.75) is 12.1 Å². The molecule has 2 aromatic rings. The average molecular weight is 527 g/mol. The van der Waals surface area contributed by atoms with E-state index in [-0.39, 0.29) is 61.2 Å². The Morgan fingerprint density at radius 3 is 2.42 bits per heavy atom. The Balaban J connectivity index is 0.00000385. The Morgan fingerprint density at radius 1 is 1.30 bits per heavy atom. The minimum Gasteiger partial charge on any atom is -0.731 e. The molecule has 2 atom stereocenters. The SMILES string of the molecule is CO/N=C(\C(=O)NC(C(=O)NC1CN(S(=O)(=O)[O-])C1=O)c1csc(N)n1)c1csc(N)n1.[Na+]. The first-order chi connectivity index (χ1) is 15.0. The second kappa shape index (κ2) is 10.7. The Bertz CT molecular complexity index is 1200. The van der Waals surface area contributed by atoms with Crippen molar-refractivity contribution in [1.29, 1.82) is 0 Å². The Hall–Kier alpha value is -2.35. The molecule has 2 aromatic heterocycles. The number of anilines is 2. The van der Waals surface area contributed by atoms with Crippen LogP contribution >= 0.6 is 22.7 Å². The van der Waals surface area contributed by atoms with Crippen LogP contribution in [0.5, 0.6) is 0 Å². The first-order valence-corrected chi connectivity index (χ1v) is 11.6. The van der Waals surface area contributed by atoms with Crippen LogP contribution < -0.4 is 51.7 Å². The van der Waals surface area contributed by atoms with E-state index in [0.29, 0.717) is 0 Å². The quantitative estimate of drug-likeness (QED) is 0.0833. The largest absolute Gasteiger partial charge is 1.00 e. The third-order valence-electron chi connectivity index (χ3n) is 4.01. The fourth-order valence-corrected chi connectivity index (χ4v) is 4.37. The van der Waals surface area contributed by atoms with E-state index in [4.69, 9.17) is 11.5 Å². The van der Waals surface area contributed by atoms with Gasteiger partial charge in [-0.2, -0.15) is 0 Å². The van der Waals surface area contributed by atoms with Crippen molar-refractivity contribution in [3.63, 3.8) is 0 Å². The summed E-state index contributed by atoms with van der Waals surface area (Å²) in [5.41, 5.74) is 11.0. The predicted octanol–water partition coefficient (Wildman–Crippen LogP) is -5.24. The van der Waals surface area contributed by atoms with Gasteiger partial charge in [-0.25, -0.2) is 22.7 Å². The number of rotatable bonds is 8. The molecule has 0 spiro atoms. The average Bonchev–Trinajstić information content (AvgIpc) is 3.33. The van der Waals surface area contributed by atoms with E-state index in [0.717, 1.165) is 22.7 Å². The molecular formula is C14H15N8NaO7S3. The molecule has 1 fully saturated rings. The summed E-state index contributed by atoms with van der Waals surface area (Å²) in [7, 11) is -3.78. The molecule has 1 aliphatic rings. The van der Waals surface area contributed by atoms with E-state index >= 15 is 0 Å². The van der Waals surface area contributed by atoms with Gasteiger partial charge in [-0.05, 0) is 0 Å². The van der Waals surface area contributed by atoms with Gasteiger partial charge in [-0.15, -0.1) is 22.7 Å². The van der Waals surface area contributed by atoms with Gasteiger partial charge in [0.2, 0.25) is 5.91 Å². The molecule has 1 aliphatic heterocycles. The van der Waals surface area contributed by atoms with Crippen LogP contribution in [-0.4, -0.2) is 70.4 Å². The van der Waals surface area contributed by atoms with Crippen LogP contribution in [0.2, 0.25) is 0 Å². The summed E-state index contributed by atoms with van der Waals surface area (Å²) < 4.78 is 32.9. The van der Waals surface area contributed by atoms with Crippen molar-refractivity contribution in [3.05, 3.63) is 22.1 Å². The number of hydrogen-bond acceptors (Lipinski definition) is 14. The molecule has 0 bridgehead atoms. The second-order valence-corrected chi connectivity index (χ2v) is 9.17. The molecule has 3 heterocycles. The zero-order valence-electron chi connectivity index (χ0n) is 17.0. The van der Waals surface area contributed by atoms with E-state index in [9.17, 15) is 27.4 Å². The monoisotopic (exact) mass is 526 g/mol. The van der Waals surface area contributed by atoms with Gasteiger partial charge in [0.15, 0.2) is 32.3 Å². The maximum Gasteiger partial charge on any atom is 1.00 e. The summed E-state index contributed by atoms with van der Waals surface area (Å²) >= 11 is 2.05. The van der Waals surface area contributed by atoms with Crippen molar-refractivity contribution < 1.29 is 61.7 Å². The molecule has 0 aromatic carbocycles. The van der Waals surface area contributed by atoms with E-state index in [2.05, 4.69) is 30.6 Å². The molecule has 0 radical (unpaired) electrons. The van der Waals surface area contributed by atoms with Crippen molar-refractivity contribution in [1.82, 2.24) is 24.9 Å². The number of thiazole rings is 2.